The minimum absolute atomic E-state index is 0.294. The summed E-state index contributed by atoms with van der Waals surface area (Å²) < 4.78 is 2.27. The molecule has 1 saturated carbocycles. The molecule has 2 N–H and O–H groups in total. The average Bonchev–Trinajstić information content (AvgIpc) is 3.33. The molecule has 23 heavy (non-hydrogen) atoms. The van der Waals surface area contributed by atoms with Gasteiger partial charge in [-0.05, 0) is 18.4 Å². The number of benzene rings is 1. The zero-order valence-electron chi connectivity index (χ0n) is 13.4. The average molecular weight is 310 g/mol. The van der Waals surface area contributed by atoms with E-state index in [0.717, 1.165) is 24.2 Å². The summed E-state index contributed by atoms with van der Waals surface area (Å²) in [6.45, 7) is 1.53. The van der Waals surface area contributed by atoms with Crippen molar-refractivity contribution in [2.45, 2.75) is 37.8 Å². The van der Waals surface area contributed by atoms with Gasteiger partial charge in [-0.15, -0.1) is 0 Å². The third-order valence-electron chi connectivity index (χ3n) is 5.01. The fourth-order valence-corrected chi connectivity index (χ4v) is 3.69. The Bertz CT molecular complexity index is 733. The van der Waals surface area contributed by atoms with Crippen molar-refractivity contribution < 1.29 is 4.79 Å². The van der Waals surface area contributed by atoms with Crippen LogP contribution in [0.2, 0.25) is 0 Å². The highest BCUT2D eigenvalue weighted by Gasteiger charge is 2.34. The van der Waals surface area contributed by atoms with Crippen molar-refractivity contribution in [3.63, 3.8) is 0 Å². The number of nitrogens with two attached hydrogens (primary N) is 1. The molecule has 5 nitrogen and oxygen atoms in total. The maximum absolute atomic E-state index is 12.1. The van der Waals surface area contributed by atoms with Gasteiger partial charge in [0.15, 0.2) is 0 Å². The molecule has 1 fully saturated rings. The third-order valence-corrected chi connectivity index (χ3v) is 5.01. The van der Waals surface area contributed by atoms with E-state index in [1.54, 1.807) is 0 Å². The van der Waals surface area contributed by atoms with Gasteiger partial charge in [-0.25, -0.2) is 4.98 Å². The van der Waals surface area contributed by atoms with Crippen molar-refractivity contribution in [2.24, 2.45) is 12.8 Å². The van der Waals surface area contributed by atoms with E-state index in [4.69, 9.17) is 10.7 Å². The summed E-state index contributed by atoms with van der Waals surface area (Å²) >= 11 is 0. The van der Waals surface area contributed by atoms with Crippen LogP contribution in [0.5, 0.6) is 0 Å². The molecule has 1 aromatic carbocycles. The molecule has 1 aromatic heterocycles. The molecular weight excluding hydrogens is 288 g/mol. The van der Waals surface area contributed by atoms with Crippen molar-refractivity contribution in [1.82, 2.24) is 14.5 Å². The molecule has 0 radical (unpaired) electrons. The number of aromatic nitrogens is 2. The van der Waals surface area contributed by atoms with Crippen LogP contribution in [-0.2, 0) is 24.8 Å². The molecule has 4 rings (SSSR count). The molecule has 1 aliphatic heterocycles. The monoisotopic (exact) mass is 310 g/mol. The van der Waals surface area contributed by atoms with Gasteiger partial charge in [0.2, 0.25) is 5.91 Å². The molecule has 0 spiro atoms. The Morgan fingerprint density at radius 2 is 2.04 bits per heavy atom. The van der Waals surface area contributed by atoms with Crippen molar-refractivity contribution in [3.05, 3.63) is 53.1 Å². The summed E-state index contributed by atoms with van der Waals surface area (Å²) in [6, 6.07) is 9.42. The van der Waals surface area contributed by atoms with E-state index >= 15 is 0 Å². The van der Waals surface area contributed by atoms with Gasteiger partial charge in [0, 0.05) is 38.2 Å². The van der Waals surface area contributed by atoms with Crippen LogP contribution >= 0.6 is 0 Å². The number of fused-ring (bicyclic) bond motifs is 1. The molecule has 2 aromatic rings. The molecule has 2 heterocycles. The summed E-state index contributed by atoms with van der Waals surface area (Å²) in [5.74, 6) is 1.56. The summed E-state index contributed by atoms with van der Waals surface area (Å²) in [6.07, 6.45) is 3.42. The highest BCUT2D eigenvalue weighted by molar-refractivity contribution is 5.81. The summed E-state index contributed by atoms with van der Waals surface area (Å²) in [5, 5.41) is 0. The Labute approximate surface area is 136 Å². The maximum atomic E-state index is 12.1. The lowest BCUT2D eigenvalue weighted by Crippen LogP contribution is -2.41. The first-order valence-electron chi connectivity index (χ1n) is 8.28. The van der Waals surface area contributed by atoms with Gasteiger partial charge >= 0.3 is 0 Å². The normalized spacial score (nSPS) is 19.3. The van der Waals surface area contributed by atoms with E-state index in [1.807, 2.05) is 30.3 Å². The van der Waals surface area contributed by atoms with Crippen LogP contribution in [0, 0.1) is 0 Å². The lowest BCUT2D eigenvalue weighted by molar-refractivity contribution is -0.123. The minimum atomic E-state index is -0.379. The largest absolute Gasteiger partial charge is 0.368 e. The first kappa shape index (κ1) is 14.5. The van der Waals surface area contributed by atoms with E-state index in [1.165, 1.54) is 24.4 Å². The smallest absolute Gasteiger partial charge is 0.239 e. The molecular formula is C18H22N4O. The van der Waals surface area contributed by atoms with E-state index in [2.05, 4.69) is 16.5 Å². The van der Waals surface area contributed by atoms with E-state index in [0.29, 0.717) is 12.5 Å². The van der Waals surface area contributed by atoms with Gasteiger partial charge in [-0.1, -0.05) is 30.3 Å². The predicted molar refractivity (Wildman–Crippen MR) is 87.7 cm³/mol. The van der Waals surface area contributed by atoms with E-state index < -0.39 is 0 Å². The van der Waals surface area contributed by atoms with Crippen LogP contribution in [0.3, 0.4) is 0 Å². The maximum Gasteiger partial charge on any atom is 0.239 e. The first-order chi connectivity index (χ1) is 11.1. The standard InChI is InChI=1S/C18H22N4O/c1-21-15-9-10-22(11-14(15)20-18(21)13-7-8-13)16(17(19)23)12-5-3-2-4-6-12/h2-6,13,16H,7-11H2,1H3,(H2,19,23). The van der Waals surface area contributed by atoms with Crippen LogP contribution in [0.4, 0.5) is 0 Å². The molecule has 1 amide bonds. The van der Waals surface area contributed by atoms with Crippen LogP contribution in [0.25, 0.3) is 0 Å². The number of hydrogen-bond acceptors (Lipinski definition) is 3. The minimum Gasteiger partial charge on any atom is -0.368 e. The summed E-state index contributed by atoms with van der Waals surface area (Å²) in [4.78, 5) is 19.1. The summed E-state index contributed by atoms with van der Waals surface area (Å²) in [7, 11) is 2.12. The second-order valence-corrected chi connectivity index (χ2v) is 6.63. The van der Waals surface area contributed by atoms with Crippen LogP contribution in [-0.4, -0.2) is 26.9 Å². The number of hydrogen-bond donors (Lipinski definition) is 1. The van der Waals surface area contributed by atoms with E-state index in [9.17, 15) is 4.79 Å². The zero-order valence-corrected chi connectivity index (χ0v) is 13.4. The number of carbonyl (C=O) groups is 1. The Morgan fingerprint density at radius 1 is 1.30 bits per heavy atom. The zero-order chi connectivity index (χ0) is 16.0. The second kappa shape index (κ2) is 5.49. The quantitative estimate of drug-likeness (QED) is 0.938. The van der Waals surface area contributed by atoms with Crippen molar-refractivity contribution in [3.8, 4) is 0 Å². The highest BCUT2D eigenvalue weighted by Crippen LogP contribution is 2.40. The third kappa shape index (κ3) is 2.55. The van der Waals surface area contributed by atoms with Gasteiger partial charge in [0.25, 0.3) is 0 Å². The van der Waals surface area contributed by atoms with Gasteiger partial charge < -0.3 is 10.3 Å². The fraction of sp³-hybridized carbons (Fsp3) is 0.444. The Hall–Kier alpha value is -2.14. The Morgan fingerprint density at radius 3 is 2.70 bits per heavy atom. The van der Waals surface area contributed by atoms with E-state index in [-0.39, 0.29) is 11.9 Å². The lowest BCUT2D eigenvalue weighted by atomic mass is 10.0. The molecule has 120 valence electrons. The number of amides is 1. The van der Waals surface area contributed by atoms with Crippen molar-refractivity contribution in [2.75, 3.05) is 6.54 Å². The van der Waals surface area contributed by atoms with Gasteiger partial charge in [0.1, 0.15) is 11.9 Å². The second-order valence-electron chi connectivity index (χ2n) is 6.63. The molecule has 0 bridgehead atoms. The van der Waals surface area contributed by atoms with Gasteiger partial charge in [-0.3, -0.25) is 9.69 Å². The van der Waals surface area contributed by atoms with Crippen LogP contribution in [0.1, 0.15) is 47.6 Å². The SMILES string of the molecule is Cn1c(C2CC2)nc2c1CCN(C(C(N)=O)c1ccccc1)C2. The van der Waals surface area contributed by atoms with Gasteiger partial charge in [-0.2, -0.15) is 0 Å². The number of carbonyl (C=O) groups excluding carboxylic acids is 1. The molecule has 1 aliphatic carbocycles. The number of rotatable bonds is 4. The number of imidazole rings is 1. The van der Waals surface area contributed by atoms with Crippen molar-refractivity contribution >= 4 is 5.91 Å². The number of nitrogens with zero attached hydrogens (tertiary/aromatic N) is 3. The highest BCUT2D eigenvalue weighted by atomic mass is 16.1. The molecule has 1 unspecified atom stereocenters. The van der Waals surface area contributed by atoms with Crippen LogP contribution < -0.4 is 5.73 Å². The lowest BCUT2D eigenvalue weighted by Gasteiger charge is -2.32. The predicted octanol–water partition coefficient (Wildman–Crippen LogP) is 1.88. The Kier molecular flexibility index (Phi) is 3.45. The van der Waals surface area contributed by atoms with Gasteiger partial charge in [0.05, 0.1) is 5.69 Å². The fourth-order valence-electron chi connectivity index (χ4n) is 3.69. The number of primary amides is 1. The molecule has 2 aliphatic rings. The molecule has 5 heteroatoms. The summed E-state index contributed by atoms with van der Waals surface area (Å²) in [5.41, 5.74) is 9.10. The first-order valence-corrected chi connectivity index (χ1v) is 8.28. The topological polar surface area (TPSA) is 64.2 Å². The Balaban J connectivity index is 1.63. The molecule has 0 saturated heterocycles. The van der Waals surface area contributed by atoms with Crippen LogP contribution in [0.15, 0.2) is 30.3 Å². The molecule has 1 atom stereocenters. The van der Waals surface area contributed by atoms with Crippen molar-refractivity contribution in [1.29, 1.82) is 0 Å².